The molecule has 1 N–H and O–H groups in total. The second-order valence-corrected chi connectivity index (χ2v) is 6.94. The number of hydrogen-bond donors (Lipinski definition) is 1. The first kappa shape index (κ1) is 20.3. The van der Waals surface area contributed by atoms with Gasteiger partial charge < -0.3 is 5.32 Å². The number of fused-ring (bicyclic) bond motifs is 1. The molecule has 5 nitrogen and oxygen atoms in total. The third kappa shape index (κ3) is 3.68. The van der Waals surface area contributed by atoms with Crippen LogP contribution in [0.3, 0.4) is 0 Å². The lowest BCUT2D eigenvalue weighted by atomic mass is 10.0. The molecule has 1 atom stereocenters. The maximum atomic E-state index is 14.1. The number of carbonyl (C=O) groups is 3. The van der Waals surface area contributed by atoms with Crippen molar-refractivity contribution >= 4 is 23.4 Å². The molecule has 3 aromatic rings. The summed E-state index contributed by atoms with van der Waals surface area (Å²) < 4.78 is 40.9. The molecule has 1 heterocycles. The predicted octanol–water partition coefficient (Wildman–Crippen LogP) is 3.95. The Labute approximate surface area is 175 Å². The molecule has 0 bridgehead atoms. The first-order chi connectivity index (χ1) is 14.9. The minimum Gasteiger partial charge on any atom is -0.322 e. The van der Waals surface area contributed by atoms with Crippen molar-refractivity contribution in [3.05, 3.63) is 101 Å². The van der Waals surface area contributed by atoms with Gasteiger partial charge in [0.05, 0.1) is 16.8 Å². The fourth-order valence-corrected chi connectivity index (χ4v) is 3.47. The fourth-order valence-electron chi connectivity index (χ4n) is 3.47. The number of carbonyl (C=O) groups excluding carboxylic acids is 3. The van der Waals surface area contributed by atoms with Gasteiger partial charge in [0, 0.05) is 6.42 Å². The molecular formula is C23H15F3N2O3. The van der Waals surface area contributed by atoms with Crippen LogP contribution in [0, 0.1) is 17.5 Å². The number of amides is 3. The third-order valence-corrected chi connectivity index (χ3v) is 5.00. The lowest BCUT2D eigenvalue weighted by Gasteiger charge is -2.25. The molecule has 0 fully saturated rings. The highest BCUT2D eigenvalue weighted by molar-refractivity contribution is 6.23. The molecule has 0 spiro atoms. The Morgan fingerprint density at radius 2 is 1.39 bits per heavy atom. The Morgan fingerprint density at radius 1 is 0.806 bits per heavy atom. The Kier molecular flexibility index (Phi) is 5.29. The smallest absolute Gasteiger partial charge is 0.262 e. The highest BCUT2D eigenvalue weighted by Crippen LogP contribution is 2.27. The average molecular weight is 424 g/mol. The molecule has 3 aromatic carbocycles. The molecule has 8 heteroatoms. The Bertz CT molecular complexity index is 1160. The standard InChI is InChI=1S/C23H15F3N2O3/c24-16-10-11-17(20(26)19(16)25)27-21(29)18(12-13-6-2-1-3-7-13)28-22(30)14-8-4-5-9-15(14)23(28)31/h1-11,18H,12H2,(H,27,29). The average Bonchev–Trinajstić information content (AvgIpc) is 3.03. The number of halogens is 3. The van der Waals surface area contributed by atoms with E-state index in [1.54, 1.807) is 42.5 Å². The summed E-state index contributed by atoms with van der Waals surface area (Å²) in [6.45, 7) is 0. The van der Waals surface area contributed by atoms with Crippen molar-refractivity contribution in [2.24, 2.45) is 0 Å². The molecule has 0 aromatic heterocycles. The van der Waals surface area contributed by atoms with Gasteiger partial charge in [0.15, 0.2) is 17.5 Å². The number of imide groups is 1. The van der Waals surface area contributed by atoms with E-state index in [1.165, 1.54) is 12.1 Å². The number of benzene rings is 3. The SMILES string of the molecule is O=C(Nc1ccc(F)c(F)c1F)C(Cc1ccccc1)N1C(=O)c2ccccc2C1=O. The molecule has 31 heavy (non-hydrogen) atoms. The van der Waals surface area contributed by atoms with E-state index < -0.39 is 46.9 Å². The summed E-state index contributed by atoms with van der Waals surface area (Å²) >= 11 is 0. The van der Waals surface area contributed by atoms with E-state index in [0.717, 1.165) is 11.0 Å². The number of hydrogen-bond acceptors (Lipinski definition) is 3. The van der Waals surface area contributed by atoms with E-state index in [9.17, 15) is 27.6 Å². The van der Waals surface area contributed by atoms with Crippen LogP contribution in [-0.4, -0.2) is 28.7 Å². The van der Waals surface area contributed by atoms with Crippen LogP contribution in [0.1, 0.15) is 26.3 Å². The molecule has 1 aliphatic rings. The van der Waals surface area contributed by atoms with Crippen molar-refractivity contribution in [1.29, 1.82) is 0 Å². The van der Waals surface area contributed by atoms with Gasteiger partial charge in [0.1, 0.15) is 6.04 Å². The van der Waals surface area contributed by atoms with Gasteiger partial charge in [-0.2, -0.15) is 0 Å². The van der Waals surface area contributed by atoms with E-state index in [2.05, 4.69) is 5.32 Å². The molecule has 1 aliphatic heterocycles. The van der Waals surface area contributed by atoms with Gasteiger partial charge in [0.2, 0.25) is 5.91 Å². The van der Waals surface area contributed by atoms with E-state index >= 15 is 0 Å². The van der Waals surface area contributed by atoms with Crippen LogP contribution in [0.5, 0.6) is 0 Å². The van der Waals surface area contributed by atoms with E-state index in [1.807, 2.05) is 0 Å². The van der Waals surface area contributed by atoms with Gasteiger partial charge in [-0.1, -0.05) is 42.5 Å². The van der Waals surface area contributed by atoms with Crippen molar-refractivity contribution in [2.75, 3.05) is 5.32 Å². The van der Waals surface area contributed by atoms with Crippen LogP contribution in [0.15, 0.2) is 66.7 Å². The molecule has 0 radical (unpaired) electrons. The second kappa shape index (κ2) is 8.06. The van der Waals surface area contributed by atoms with Crippen LogP contribution < -0.4 is 5.32 Å². The number of anilines is 1. The largest absolute Gasteiger partial charge is 0.322 e. The van der Waals surface area contributed by atoms with Gasteiger partial charge in [-0.3, -0.25) is 19.3 Å². The monoisotopic (exact) mass is 424 g/mol. The Balaban J connectivity index is 1.70. The minimum absolute atomic E-state index is 0.0521. The van der Waals surface area contributed by atoms with Gasteiger partial charge in [0.25, 0.3) is 11.8 Å². The van der Waals surface area contributed by atoms with E-state index in [-0.39, 0.29) is 17.5 Å². The van der Waals surface area contributed by atoms with Crippen molar-refractivity contribution in [2.45, 2.75) is 12.5 Å². The summed E-state index contributed by atoms with van der Waals surface area (Å²) in [5.41, 5.74) is 0.346. The van der Waals surface area contributed by atoms with Gasteiger partial charge in [-0.25, -0.2) is 13.2 Å². The molecule has 0 saturated carbocycles. The molecular weight excluding hydrogens is 409 g/mol. The van der Waals surface area contributed by atoms with Crippen molar-refractivity contribution < 1.29 is 27.6 Å². The molecule has 0 aliphatic carbocycles. The van der Waals surface area contributed by atoms with Crippen LogP contribution in [0.25, 0.3) is 0 Å². The lowest BCUT2D eigenvalue weighted by Crippen LogP contribution is -2.48. The van der Waals surface area contributed by atoms with Crippen molar-refractivity contribution in [1.82, 2.24) is 4.90 Å². The van der Waals surface area contributed by atoms with E-state index in [0.29, 0.717) is 11.6 Å². The second-order valence-electron chi connectivity index (χ2n) is 6.94. The van der Waals surface area contributed by atoms with Gasteiger partial charge >= 0.3 is 0 Å². The molecule has 3 amide bonds. The zero-order valence-electron chi connectivity index (χ0n) is 15.9. The van der Waals surface area contributed by atoms with Crippen molar-refractivity contribution in [3.8, 4) is 0 Å². The highest BCUT2D eigenvalue weighted by atomic mass is 19.2. The van der Waals surface area contributed by atoms with Crippen molar-refractivity contribution in [3.63, 3.8) is 0 Å². The summed E-state index contributed by atoms with van der Waals surface area (Å²) in [5.74, 6) is -6.96. The molecule has 4 rings (SSSR count). The third-order valence-electron chi connectivity index (χ3n) is 5.00. The van der Waals surface area contributed by atoms with Crippen LogP contribution in [0.4, 0.5) is 18.9 Å². The van der Waals surface area contributed by atoms with Crippen LogP contribution >= 0.6 is 0 Å². The van der Waals surface area contributed by atoms with Crippen LogP contribution in [-0.2, 0) is 11.2 Å². The fraction of sp³-hybridized carbons (Fsp3) is 0.0870. The molecule has 1 unspecified atom stereocenters. The Morgan fingerprint density at radius 3 is 2.00 bits per heavy atom. The summed E-state index contributed by atoms with van der Waals surface area (Å²) in [6, 6.07) is 14.9. The zero-order chi connectivity index (χ0) is 22.1. The maximum Gasteiger partial charge on any atom is 0.262 e. The Hall–Kier alpha value is -3.94. The van der Waals surface area contributed by atoms with Crippen LogP contribution in [0.2, 0.25) is 0 Å². The summed E-state index contributed by atoms with van der Waals surface area (Å²) in [5, 5.41) is 2.18. The first-order valence-corrected chi connectivity index (χ1v) is 9.33. The molecule has 156 valence electrons. The number of nitrogens with zero attached hydrogens (tertiary/aromatic N) is 1. The normalized spacial score (nSPS) is 13.8. The molecule has 0 saturated heterocycles. The summed E-state index contributed by atoms with van der Waals surface area (Å²) in [7, 11) is 0. The minimum atomic E-state index is -1.74. The maximum absolute atomic E-state index is 14.1. The summed E-state index contributed by atoms with van der Waals surface area (Å²) in [6.07, 6.45) is -0.0521. The topological polar surface area (TPSA) is 66.5 Å². The van der Waals surface area contributed by atoms with Gasteiger partial charge in [-0.15, -0.1) is 0 Å². The predicted molar refractivity (Wildman–Crippen MR) is 106 cm³/mol. The highest BCUT2D eigenvalue weighted by Gasteiger charge is 2.42. The quantitative estimate of drug-likeness (QED) is 0.498. The summed E-state index contributed by atoms with van der Waals surface area (Å²) in [4.78, 5) is 39.7. The number of rotatable bonds is 5. The van der Waals surface area contributed by atoms with Gasteiger partial charge in [-0.05, 0) is 29.8 Å². The zero-order valence-corrected chi connectivity index (χ0v) is 15.9. The lowest BCUT2D eigenvalue weighted by molar-refractivity contribution is -0.120. The number of nitrogens with one attached hydrogen (secondary N) is 1. The van der Waals surface area contributed by atoms with E-state index in [4.69, 9.17) is 0 Å². The first-order valence-electron chi connectivity index (χ1n) is 9.33.